The maximum atomic E-state index is 10.8. The van der Waals surface area contributed by atoms with Crippen LogP contribution in [0.5, 0.6) is 0 Å². The van der Waals surface area contributed by atoms with Crippen LogP contribution in [0.15, 0.2) is 143 Å². The van der Waals surface area contributed by atoms with Crippen LogP contribution >= 0.6 is 11.8 Å². The molecule has 0 aromatic heterocycles. The second-order valence-electron chi connectivity index (χ2n) is 15.1. The van der Waals surface area contributed by atoms with E-state index < -0.39 is 11.2 Å². The van der Waals surface area contributed by atoms with Crippen molar-refractivity contribution in [2.24, 2.45) is 0 Å². The van der Waals surface area contributed by atoms with Gasteiger partial charge >= 0.3 is 7.48 Å². The first kappa shape index (κ1) is 32.6. The Hall–Kier alpha value is -4.55. The Balaban J connectivity index is 1.20. The Morgan fingerprint density at radius 2 is 1.16 bits per heavy atom. The predicted molar refractivity (Wildman–Crippen MR) is 212 cm³/mol. The van der Waals surface area contributed by atoms with E-state index in [9.17, 15) is 5.11 Å². The van der Waals surface area contributed by atoms with Crippen molar-refractivity contribution in [2.75, 3.05) is 4.90 Å². The molecule has 0 unspecified atom stereocenters. The van der Waals surface area contributed by atoms with E-state index in [1.54, 1.807) is 13.8 Å². The molecule has 1 heterocycles. The summed E-state index contributed by atoms with van der Waals surface area (Å²) in [5, 5.41) is 10.8. The van der Waals surface area contributed by atoms with Crippen LogP contribution in [0.25, 0.3) is 33.4 Å². The zero-order valence-corrected chi connectivity index (χ0v) is 30.4. The van der Waals surface area contributed by atoms with Crippen LogP contribution in [0.1, 0.15) is 52.7 Å². The quantitative estimate of drug-likeness (QED) is 0.171. The van der Waals surface area contributed by atoms with Crippen LogP contribution in [0.2, 0.25) is 0 Å². The SMILES string of the molecule is CC1(C)c2ccccc2-c2cc(-c3cc(BOC(C)(C)C(C)(C)O)cc(-c4ccc(N5c6ccccc6Sc6ccccc65)cc4)c3)ccc21. The molecule has 6 aromatic rings. The Bertz CT molecular complexity index is 2200. The van der Waals surface area contributed by atoms with E-state index in [1.165, 1.54) is 49.0 Å². The summed E-state index contributed by atoms with van der Waals surface area (Å²) in [4.78, 5) is 4.87. The standard InChI is InChI=1S/C45H42BNO2S/c1-43(2)37-14-8-7-13-35(37)36-28-30(21-24-38(36)43)32-25-31(26-33(27-32)46-49-45(5,6)44(3,4)48)29-19-22-34(23-20-29)47-39-15-9-11-17-41(39)50-42-18-12-10-16-40(42)47/h7-28,46,48H,1-6H3. The highest BCUT2D eigenvalue weighted by molar-refractivity contribution is 7.99. The molecule has 8 rings (SSSR count). The van der Waals surface area contributed by atoms with E-state index in [-0.39, 0.29) is 5.41 Å². The molecule has 0 atom stereocenters. The molecule has 0 saturated heterocycles. The molecule has 248 valence electrons. The minimum absolute atomic E-state index is 0.0379. The normalized spacial score (nSPS) is 14.4. The van der Waals surface area contributed by atoms with E-state index in [2.05, 4.69) is 152 Å². The van der Waals surface area contributed by atoms with Gasteiger partial charge in [0.2, 0.25) is 0 Å². The summed E-state index contributed by atoms with van der Waals surface area (Å²) in [6.45, 7) is 12.1. The number of fused-ring (bicyclic) bond motifs is 5. The lowest BCUT2D eigenvalue weighted by Crippen LogP contribution is -2.49. The van der Waals surface area contributed by atoms with Gasteiger partial charge in [-0.1, -0.05) is 116 Å². The Kier molecular flexibility index (Phi) is 7.87. The molecule has 0 spiro atoms. The van der Waals surface area contributed by atoms with Crippen LogP contribution in [0.4, 0.5) is 17.1 Å². The van der Waals surface area contributed by atoms with Crippen molar-refractivity contribution < 1.29 is 9.76 Å². The molecule has 3 nitrogen and oxygen atoms in total. The molecule has 2 aliphatic rings. The zero-order valence-electron chi connectivity index (χ0n) is 29.6. The third kappa shape index (κ3) is 5.58. The highest BCUT2D eigenvalue weighted by Gasteiger charge is 2.36. The molecule has 1 N–H and O–H groups in total. The average Bonchev–Trinajstić information content (AvgIpc) is 3.35. The molecular formula is C45H42BNO2S. The Morgan fingerprint density at radius 1 is 0.600 bits per heavy atom. The second-order valence-corrected chi connectivity index (χ2v) is 16.2. The van der Waals surface area contributed by atoms with E-state index in [1.807, 2.05) is 25.6 Å². The predicted octanol–water partition coefficient (Wildman–Crippen LogP) is 10.8. The minimum Gasteiger partial charge on any atom is -0.427 e. The summed E-state index contributed by atoms with van der Waals surface area (Å²) >= 11 is 1.82. The summed E-state index contributed by atoms with van der Waals surface area (Å²) in [5.41, 5.74) is 12.8. The Morgan fingerprint density at radius 3 is 1.82 bits per heavy atom. The summed E-state index contributed by atoms with van der Waals surface area (Å²) in [5.74, 6) is 0. The van der Waals surface area contributed by atoms with Gasteiger partial charge in [-0.3, -0.25) is 0 Å². The van der Waals surface area contributed by atoms with Crippen molar-refractivity contribution in [2.45, 2.75) is 68.0 Å². The maximum Gasteiger partial charge on any atom is 0.309 e. The fourth-order valence-corrected chi connectivity index (χ4v) is 8.29. The minimum atomic E-state index is -0.992. The van der Waals surface area contributed by atoms with Gasteiger partial charge in [0, 0.05) is 20.9 Å². The molecule has 0 fully saturated rings. The molecular weight excluding hydrogens is 629 g/mol. The van der Waals surface area contributed by atoms with Crippen LogP contribution in [-0.2, 0) is 10.1 Å². The van der Waals surface area contributed by atoms with Gasteiger partial charge in [-0.05, 0) is 121 Å². The second kappa shape index (κ2) is 12.1. The molecule has 0 amide bonds. The van der Waals surface area contributed by atoms with Crippen LogP contribution < -0.4 is 10.4 Å². The lowest BCUT2D eigenvalue weighted by molar-refractivity contribution is -0.0893. The van der Waals surface area contributed by atoms with Crippen LogP contribution in [0.3, 0.4) is 0 Å². The number of anilines is 3. The number of hydrogen-bond donors (Lipinski definition) is 1. The lowest BCUT2D eigenvalue weighted by Gasteiger charge is -2.37. The van der Waals surface area contributed by atoms with Gasteiger partial charge in [0.05, 0.1) is 22.6 Å². The molecule has 0 radical (unpaired) electrons. The lowest BCUT2D eigenvalue weighted by atomic mass is 9.79. The molecule has 0 bridgehead atoms. The van der Waals surface area contributed by atoms with Gasteiger partial charge in [0.1, 0.15) is 0 Å². The third-order valence-electron chi connectivity index (χ3n) is 10.9. The largest absolute Gasteiger partial charge is 0.427 e. The topological polar surface area (TPSA) is 32.7 Å². The van der Waals surface area contributed by atoms with E-state index in [0.29, 0.717) is 7.48 Å². The molecule has 5 heteroatoms. The van der Waals surface area contributed by atoms with E-state index in [0.717, 1.165) is 27.8 Å². The van der Waals surface area contributed by atoms with Gasteiger partial charge in [0.15, 0.2) is 0 Å². The third-order valence-corrected chi connectivity index (χ3v) is 12.0. The maximum absolute atomic E-state index is 10.8. The molecule has 1 aliphatic carbocycles. The van der Waals surface area contributed by atoms with Gasteiger partial charge in [-0.15, -0.1) is 0 Å². The first-order chi connectivity index (χ1) is 23.9. The van der Waals surface area contributed by atoms with Crippen molar-refractivity contribution in [3.8, 4) is 33.4 Å². The smallest absolute Gasteiger partial charge is 0.309 e. The summed E-state index contributed by atoms with van der Waals surface area (Å²) in [6, 6.07) is 48.7. The summed E-state index contributed by atoms with van der Waals surface area (Å²) < 4.78 is 6.42. The molecule has 6 aromatic carbocycles. The van der Waals surface area contributed by atoms with Crippen LogP contribution in [-0.4, -0.2) is 23.8 Å². The number of para-hydroxylation sites is 2. The first-order valence-electron chi connectivity index (χ1n) is 17.4. The fourth-order valence-electron chi connectivity index (χ4n) is 7.23. The van der Waals surface area contributed by atoms with Crippen LogP contribution in [0, 0.1) is 0 Å². The number of benzene rings is 6. The monoisotopic (exact) mass is 671 g/mol. The van der Waals surface area contributed by atoms with Gasteiger partial charge in [-0.2, -0.15) is 0 Å². The molecule has 50 heavy (non-hydrogen) atoms. The first-order valence-corrected chi connectivity index (χ1v) is 18.2. The molecule has 1 aliphatic heterocycles. The summed E-state index contributed by atoms with van der Waals surface area (Å²) in [6.07, 6.45) is 0. The highest BCUT2D eigenvalue weighted by Crippen LogP contribution is 2.52. The fraction of sp³-hybridized carbons (Fsp3) is 0.200. The Labute approximate surface area is 301 Å². The van der Waals surface area contributed by atoms with Crippen molar-refractivity contribution in [3.05, 3.63) is 145 Å². The van der Waals surface area contributed by atoms with Crippen molar-refractivity contribution in [1.82, 2.24) is 0 Å². The van der Waals surface area contributed by atoms with Crippen molar-refractivity contribution >= 4 is 41.8 Å². The zero-order chi connectivity index (χ0) is 34.8. The number of aliphatic hydroxyl groups is 1. The van der Waals surface area contributed by atoms with Gasteiger partial charge in [-0.25, -0.2) is 0 Å². The van der Waals surface area contributed by atoms with Crippen molar-refractivity contribution in [1.29, 1.82) is 0 Å². The molecule has 0 saturated carbocycles. The number of hydrogen-bond acceptors (Lipinski definition) is 4. The van der Waals surface area contributed by atoms with Gasteiger partial charge < -0.3 is 14.7 Å². The highest BCUT2D eigenvalue weighted by atomic mass is 32.2. The average molecular weight is 672 g/mol. The van der Waals surface area contributed by atoms with E-state index >= 15 is 0 Å². The number of rotatable bonds is 7. The van der Waals surface area contributed by atoms with Crippen molar-refractivity contribution in [3.63, 3.8) is 0 Å². The van der Waals surface area contributed by atoms with E-state index in [4.69, 9.17) is 4.65 Å². The number of nitrogens with zero attached hydrogens (tertiary/aromatic N) is 1. The summed E-state index contributed by atoms with van der Waals surface area (Å²) in [7, 11) is 0.385. The van der Waals surface area contributed by atoms with Gasteiger partial charge in [0.25, 0.3) is 0 Å².